The van der Waals surface area contributed by atoms with Crippen LogP contribution in [-0.2, 0) is 19.9 Å². The summed E-state index contributed by atoms with van der Waals surface area (Å²) in [6, 6.07) is 11.8. The van der Waals surface area contributed by atoms with E-state index >= 15 is 0 Å². The minimum atomic E-state index is -0.257. The summed E-state index contributed by atoms with van der Waals surface area (Å²) in [6.07, 6.45) is 8.33. The molecule has 0 radical (unpaired) electrons. The molecule has 3 aromatic rings. The molecule has 1 aliphatic carbocycles. The third-order valence-electron chi connectivity index (χ3n) is 4.75. The third-order valence-corrected chi connectivity index (χ3v) is 5.98. The molecule has 1 N–H and O–H groups in total. The van der Waals surface area contributed by atoms with Crippen LogP contribution < -0.4 is 5.32 Å². The zero-order valence-electron chi connectivity index (χ0n) is 14.2. The van der Waals surface area contributed by atoms with Crippen LogP contribution >= 0.6 is 11.3 Å². The van der Waals surface area contributed by atoms with Crippen molar-refractivity contribution in [1.29, 1.82) is 0 Å². The molecule has 0 unspecified atom stereocenters. The van der Waals surface area contributed by atoms with E-state index in [4.69, 9.17) is 0 Å². The Morgan fingerprint density at radius 1 is 1.24 bits per heavy atom. The van der Waals surface area contributed by atoms with Gasteiger partial charge in [0.15, 0.2) is 0 Å². The summed E-state index contributed by atoms with van der Waals surface area (Å²) >= 11 is 1.64. The Bertz CT molecular complexity index is 858. The van der Waals surface area contributed by atoms with Crippen molar-refractivity contribution in [3.8, 4) is 0 Å². The molecule has 5 heteroatoms. The highest BCUT2D eigenvalue weighted by atomic mass is 32.1. The van der Waals surface area contributed by atoms with Gasteiger partial charge >= 0.3 is 0 Å². The minimum Gasteiger partial charge on any atom is -0.337 e. The van der Waals surface area contributed by atoms with E-state index in [9.17, 15) is 4.79 Å². The second kappa shape index (κ2) is 6.84. The summed E-state index contributed by atoms with van der Waals surface area (Å²) in [5.74, 6) is 0.817. The molecule has 0 bridgehead atoms. The summed E-state index contributed by atoms with van der Waals surface area (Å²) in [5, 5.41) is 3.19. The van der Waals surface area contributed by atoms with Crippen LogP contribution in [0.4, 0.5) is 0 Å². The van der Waals surface area contributed by atoms with Crippen LogP contribution in [0.2, 0.25) is 0 Å². The molecule has 2 aromatic heterocycles. The maximum Gasteiger partial charge on any atom is 0.262 e. The van der Waals surface area contributed by atoms with Crippen molar-refractivity contribution in [3.05, 3.63) is 75.5 Å². The van der Waals surface area contributed by atoms with Crippen LogP contribution in [0.5, 0.6) is 0 Å². The Kier molecular flexibility index (Phi) is 4.40. The fourth-order valence-electron chi connectivity index (χ4n) is 3.40. The number of aryl methyl sites for hydroxylation is 3. The summed E-state index contributed by atoms with van der Waals surface area (Å²) < 4.78 is 1.96. The van der Waals surface area contributed by atoms with Crippen LogP contribution in [-0.4, -0.2) is 15.5 Å². The predicted octanol–water partition coefficient (Wildman–Crippen LogP) is 3.88. The Morgan fingerprint density at radius 2 is 2.04 bits per heavy atom. The smallest absolute Gasteiger partial charge is 0.262 e. The molecular formula is C20H21N3OS. The third kappa shape index (κ3) is 3.24. The number of nitrogens with one attached hydrogen (secondary N) is 1. The second-order valence-corrected chi connectivity index (χ2v) is 7.62. The monoisotopic (exact) mass is 351 g/mol. The standard InChI is InChI=1S/C20H21N3OS/c1-23-12-11-21-19(23)18(14-7-3-2-4-8-14)22-20(24)17-13-15-9-5-6-10-16(15)25-17/h2-4,7-8,11-13,18H,5-6,9-10H2,1H3,(H,22,24)/t18-/m1/s1. The van der Waals surface area contributed by atoms with Crippen molar-refractivity contribution in [2.24, 2.45) is 7.05 Å². The van der Waals surface area contributed by atoms with E-state index in [-0.39, 0.29) is 11.9 Å². The maximum absolute atomic E-state index is 12.9. The number of imidazole rings is 1. The molecular weight excluding hydrogens is 330 g/mol. The van der Waals surface area contributed by atoms with E-state index in [1.807, 2.05) is 48.1 Å². The van der Waals surface area contributed by atoms with Gasteiger partial charge in [-0.2, -0.15) is 0 Å². The van der Waals surface area contributed by atoms with Gasteiger partial charge in [0, 0.05) is 24.3 Å². The minimum absolute atomic E-state index is 0.0174. The van der Waals surface area contributed by atoms with E-state index in [2.05, 4.69) is 16.4 Å². The average Bonchev–Trinajstić information content (AvgIpc) is 3.26. The topological polar surface area (TPSA) is 46.9 Å². The summed E-state index contributed by atoms with van der Waals surface area (Å²) in [7, 11) is 1.95. The van der Waals surface area contributed by atoms with Crippen molar-refractivity contribution in [2.45, 2.75) is 31.7 Å². The van der Waals surface area contributed by atoms with Crippen molar-refractivity contribution in [2.75, 3.05) is 0 Å². The lowest BCUT2D eigenvalue weighted by Crippen LogP contribution is -2.30. The Hall–Kier alpha value is -2.40. The summed E-state index contributed by atoms with van der Waals surface area (Å²) in [5.41, 5.74) is 2.39. The lowest BCUT2D eigenvalue weighted by molar-refractivity contribution is 0.0945. The fourth-order valence-corrected chi connectivity index (χ4v) is 4.56. The number of thiophene rings is 1. The van der Waals surface area contributed by atoms with Crippen LogP contribution in [0.25, 0.3) is 0 Å². The van der Waals surface area contributed by atoms with Crippen LogP contribution in [0.15, 0.2) is 48.8 Å². The number of benzene rings is 1. The van der Waals surface area contributed by atoms with Gasteiger partial charge in [0.05, 0.1) is 4.88 Å². The first-order valence-electron chi connectivity index (χ1n) is 8.67. The van der Waals surface area contributed by atoms with Crippen molar-refractivity contribution in [1.82, 2.24) is 14.9 Å². The lowest BCUT2D eigenvalue weighted by Gasteiger charge is -2.18. The number of hydrogen-bond donors (Lipinski definition) is 1. The number of amides is 1. The van der Waals surface area contributed by atoms with Gasteiger partial charge in [-0.1, -0.05) is 30.3 Å². The molecule has 1 amide bonds. The highest BCUT2D eigenvalue weighted by Crippen LogP contribution is 2.30. The molecule has 0 spiro atoms. The number of aromatic nitrogens is 2. The lowest BCUT2D eigenvalue weighted by atomic mass is 9.99. The Balaban J connectivity index is 1.63. The molecule has 1 atom stereocenters. The van der Waals surface area contributed by atoms with Gasteiger partial charge in [-0.25, -0.2) is 4.98 Å². The quantitative estimate of drug-likeness (QED) is 0.775. The first-order valence-corrected chi connectivity index (χ1v) is 9.48. The first-order chi connectivity index (χ1) is 12.2. The van der Waals surface area contributed by atoms with Gasteiger partial charge in [0.25, 0.3) is 5.91 Å². The SMILES string of the molecule is Cn1ccnc1[C@H](NC(=O)c1cc2c(s1)CCCC2)c1ccccc1. The highest BCUT2D eigenvalue weighted by Gasteiger charge is 2.23. The van der Waals surface area contributed by atoms with Crippen molar-refractivity contribution < 1.29 is 4.79 Å². The molecule has 4 rings (SSSR count). The van der Waals surface area contributed by atoms with E-state index in [1.165, 1.54) is 23.3 Å². The number of rotatable bonds is 4. The molecule has 0 saturated heterocycles. The van der Waals surface area contributed by atoms with Crippen molar-refractivity contribution >= 4 is 17.2 Å². The van der Waals surface area contributed by atoms with E-state index in [0.29, 0.717) is 0 Å². The van der Waals surface area contributed by atoms with Gasteiger partial charge in [0.2, 0.25) is 0 Å². The molecule has 1 aliphatic rings. The molecule has 25 heavy (non-hydrogen) atoms. The normalized spacial score (nSPS) is 14.8. The number of fused-ring (bicyclic) bond motifs is 1. The molecule has 0 fully saturated rings. The van der Waals surface area contributed by atoms with Crippen LogP contribution in [0.1, 0.15) is 50.4 Å². The van der Waals surface area contributed by atoms with Gasteiger partial charge in [-0.15, -0.1) is 11.3 Å². The Morgan fingerprint density at radius 3 is 2.76 bits per heavy atom. The number of carbonyl (C=O) groups excluding carboxylic acids is 1. The van der Waals surface area contributed by atoms with Crippen LogP contribution in [0.3, 0.4) is 0 Å². The van der Waals surface area contributed by atoms with Gasteiger partial charge < -0.3 is 9.88 Å². The largest absolute Gasteiger partial charge is 0.337 e. The number of nitrogens with zero attached hydrogens (tertiary/aromatic N) is 2. The van der Waals surface area contributed by atoms with Crippen molar-refractivity contribution in [3.63, 3.8) is 0 Å². The van der Waals surface area contributed by atoms with Gasteiger partial charge in [0.1, 0.15) is 11.9 Å². The molecule has 0 saturated carbocycles. The molecule has 2 heterocycles. The maximum atomic E-state index is 12.9. The molecule has 128 valence electrons. The first kappa shape index (κ1) is 16.1. The number of hydrogen-bond acceptors (Lipinski definition) is 3. The summed E-state index contributed by atoms with van der Waals surface area (Å²) in [4.78, 5) is 19.6. The molecule has 1 aromatic carbocycles. The Labute approximate surface area is 151 Å². The second-order valence-electron chi connectivity index (χ2n) is 6.48. The fraction of sp³-hybridized carbons (Fsp3) is 0.300. The zero-order valence-corrected chi connectivity index (χ0v) is 15.1. The molecule has 4 nitrogen and oxygen atoms in total. The van der Waals surface area contributed by atoms with E-state index in [1.54, 1.807) is 17.5 Å². The van der Waals surface area contributed by atoms with E-state index in [0.717, 1.165) is 29.1 Å². The van der Waals surface area contributed by atoms with Gasteiger partial charge in [-0.3, -0.25) is 4.79 Å². The summed E-state index contributed by atoms with van der Waals surface area (Å²) in [6.45, 7) is 0. The number of carbonyl (C=O) groups is 1. The average molecular weight is 351 g/mol. The van der Waals surface area contributed by atoms with Crippen LogP contribution in [0, 0.1) is 0 Å². The zero-order chi connectivity index (χ0) is 17.2. The van der Waals surface area contributed by atoms with Gasteiger partial charge in [-0.05, 0) is 42.9 Å². The predicted molar refractivity (Wildman–Crippen MR) is 99.9 cm³/mol. The highest BCUT2D eigenvalue weighted by molar-refractivity contribution is 7.14. The van der Waals surface area contributed by atoms with E-state index < -0.39 is 0 Å². The molecule has 0 aliphatic heterocycles.